The second-order valence-corrected chi connectivity index (χ2v) is 5.94. The first-order valence-electron chi connectivity index (χ1n) is 7.76. The zero-order valence-electron chi connectivity index (χ0n) is 13.3. The van der Waals surface area contributed by atoms with Gasteiger partial charge in [0.25, 0.3) is 0 Å². The molecule has 0 bridgehead atoms. The Labute approximate surface area is 157 Å². The van der Waals surface area contributed by atoms with Gasteiger partial charge in [0.05, 0.1) is 0 Å². The van der Waals surface area contributed by atoms with Gasteiger partial charge in [0, 0.05) is 12.1 Å². The van der Waals surface area contributed by atoms with Gasteiger partial charge in [-0.25, -0.2) is 0 Å². The lowest BCUT2D eigenvalue weighted by molar-refractivity contribution is -0.700. The third-order valence-corrected chi connectivity index (χ3v) is 4.42. The van der Waals surface area contributed by atoms with Crippen molar-refractivity contribution < 1.29 is 32.9 Å². The number of nitrogens with zero attached hydrogens (tertiary/aromatic N) is 1. The molecule has 3 aromatic carbocycles. The van der Waals surface area contributed by atoms with Crippen molar-refractivity contribution in [2.24, 2.45) is 7.05 Å². The maximum Gasteiger partial charge on any atom is 0.359 e. The van der Waals surface area contributed by atoms with E-state index in [-0.39, 0.29) is 29.9 Å². The summed E-state index contributed by atoms with van der Waals surface area (Å²) in [5.74, 6) is -0.216. The van der Waals surface area contributed by atoms with E-state index in [2.05, 4.69) is 54.6 Å². The Kier molecular flexibility index (Phi) is 4.81. The highest BCUT2D eigenvalue weighted by molar-refractivity contribution is 6.02. The first-order chi connectivity index (χ1) is 11.2. The molecule has 0 aliphatic heterocycles. The van der Waals surface area contributed by atoms with Gasteiger partial charge in [-0.15, -0.1) is 4.39 Å². The predicted octanol–water partition coefficient (Wildman–Crippen LogP) is 1.55. The van der Waals surface area contributed by atoms with Gasteiger partial charge in [-0.05, 0) is 45.2 Å². The van der Waals surface area contributed by atoms with Crippen LogP contribution in [0.5, 0.6) is 0 Å². The van der Waals surface area contributed by atoms with E-state index in [0.717, 1.165) is 12.0 Å². The third kappa shape index (κ3) is 3.00. The van der Waals surface area contributed by atoms with E-state index in [4.69, 9.17) is 0 Å². The molecule has 4 aromatic rings. The van der Waals surface area contributed by atoms with Crippen molar-refractivity contribution in [1.29, 1.82) is 0 Å². The molecule has 0 spiro atoms. The third-order valence-electron chi connectivity index (χ3n) is 4.42. The summed E-state index contributed by atoms with van der Waals surface area (Å²) in [4.78, 5) is 0. The van der Waals surface area contributed by atoms with Crippen molar-refractivity contribution in [2.75, 3.05) is 0 Å². The largest absolute Gasteiger partial charge is 1.00 e. The summed E-state index contributed by atoms with van der Waals surface area (Å²) in [5.41, 5.74) is 2.24. The quantitative estimate of drug-likeness (QED) is 0.197. The number of rotatable bonds is 2. The van der Waals surface area contributed by atoms with Crippen LogP contribution in [0.1, 0.15) is 11.1 Å². The molecule has 0 atom stereocenters. The van der Waals surface area contributed by atoms with Gasteiger partial charge in [0.15, 0.2) is 6.20 Å². The number of fused-ring (bicyclic) bond motifs is 2. The van der Waals surface area contributed by atoms with Gasteiger partial charge in [0.1, 0.15) is 7.05 Å². The topological polar surface area (TPSA) is 3.88 Å². The molecule has 0 fully saturated rings. The van der Waals surface area contributed by atoms with Gasteiger partial charge < -0.3 is 24.0 Å². The molecule has 24 heavy (non-hydrogen) atoms. The molecular formula is C21H17FIN. The Balaban J connectivity index is 0.00000169. The minimum absolute atomic E-state index is 0. The Bertz CT molecular complexity index is 973. The lowest BCUT2D eigenvalue weighted by atomic mass is 9.93. The SMILES string of the molecule is C[n+]1ccc(Cc2c3ccccc3cc3ccccc23)cc1F.[I-]. The highest BCUT2D eigenvalue weighted by Gasteiger charge is 2.11. The molecule has 1 nitrogen and oxygen atoms in total. The highest BCUT2D eigenvalue weighted by atomic mass is 127. The van der Waals surface area contributed by atoms with Crippen LogP contribution in [0.2, 0.25) is 0 Å². The van der Waals surface area contributed by atoms with Crippen LogP contribution in [0.15, 0.2) is 72.9 Å². The second-order valence-electron chi connectivity index (χ2n) is 5.94. The maximum atomic E-state index is 13.9. The summed E-state index contributed by atoms with van der Waals surface area (Å²) in [6.45, 7) is 0. The van der Waals surface area contributed by atoms with Crippen LogP contribution in [-0.2, 0) is 13.5 Å². The Morgan fingerprint density at radius 1 is 0.833 bits per heavy atom. The molecule has 0 saturated carbocycles. The molecule has 3 heteroatoms. The number of aromatic nitrogens is 1. The van der Waals surface area contributed by atoms with Gasteiger partial charge in [0.2, 0.25) is 0 Å². The molecule has 0 aliphatic rings. The summed E-state index contributed by atoms with van der Waals surface area (Å²) in [6, 6.07) is 22.6. The fourth-order valence-electron chi connectivity index (χ4n) is 3.19. The lowest BCUT2D eigenvalue weighted by Crippen LogP contribution is -3.00. The fraction of sp³-hybridized carbons (Fsp3) is 0.0952. The lowest BCUT2D eigenvalue weighted by Gasteiger charge is -2.11. The normalized spacial score (nSPS) is 10.8. The Morgan fingerprint density at radius 3 is 2.00 bits per heavy atom. The average Bonchev–Trinajstić information content (AvgIpc) is 2.58. The monoisotopic (exact) mass is 429 g/mol. The van der Waals surface area contributed by atoms with Gasteiger partial charge in [-0.3, -0.25) is 0 Å². The summed E-state index contributed by atoms with van der Waals surface area (Å²) in [5, 5.41) is 4.92. The molecule has 0 N–H and O–H groups in total. The van der Waals surface area contributed by atoms with Gasteiger partial charge >= 0.3 is 5.95 Å². The second kappa shape index (κ2) is 6.85. The van der Waals surface area contributed by atoms with Crippen LogP contribution in [0.4, 0.5) is 4.39 Å². The standard InChI is InChI=1S/C21H17FN.HI/c1-23-11-10-15(13-21(23)22)12-20-18-8-4-2-6-16(18)14-17-7-3-5-9-19(17)20;/h2-11,13-14H,12H2,1H3;1H/q+1;/p-1. The molecule has 1 aromatic heterocycles. The zero-order chi connectivity index (χ0) is 15.8. The molecule has 0 radical (unpaired) electrons. The molecule has 4 rings (SSSR count). The zero-order valence-corrected chi connectivity index (χ0v) is 15.5. The number of hydrogen-bond donors (Lipinski definition) is 0. The summed E-state index contributed by atoms with van der Waals surface area (Å²) in [7, 11) is 1.71. The van der Waals surface area contributed by atoms with Crippen molar-refractivity contribution >= 4 is 21.5 Å². The van der Waals surface area contributed by atoms with E-state index in [1.54, 1.807) is 19.3 Å². The van der Waals surface area contributed by atoms with Crippen molar-refractivity contribution in [2.45, 2.75) is 6.42 Å². The van der Waals surface area contributed by atoms with Gasteiger partial charge in [-0.1, -0.05) is 48.5 Å². The molecule has 1 heterocycles. The van der Waals surface area contributed by atoms with E-state index < -0.39 is 0 Å². The average molecular weight is 429 g/mol. The van der Waals surface area contributed by atoms with Crippen molar-refractivity contribution in [3.8, 4) is 0 Å². The molecule has 120 valence electrons. The van der Waals surface area contributed by atoms with Crippen LogP contribution >= 0.6 is 0 Å². The number of halogens is 2. The number of hydrogen-bond acceptors (Lipinski definition) is 0. The molecular weight excluding hydrogens is 412 g/mol. The molecule has 0 aliphatic carbocycles. The first kappa shape index (κ1) is 16.8. The molecule has 0 unspecified atom stereocenters. The fourth-order valence-corrected chi connectivity index (χ4v) is 3.19. The van der Waals surface area contributed by atoms with E-state index in [1.807, 2.05) is 6.07 Å². The minimum Gasteiger partial charge on any atom is -1.00 e. The van der Waals surface area contributed by atoms with E-state index in [9.17, 15) is 4.39 Å². The minimum atomic E-state index is -0.216. The Morgan fingerprint density at radius 2 is 1.42 bits per heavy atom. The van der Waals surface area contributed by atoms with E-state index >= 15 is 0 Å². The molecule has 0 saturated heterocycles. The van der Waals surface area contributed by atoms with Crippen LogP contribution in [0.25, 0.3) is 21.5 Å². The summed E-state index contributed by atoms with van der Waals surface area (Å²) < 4.78 is 15.4. The van der Waals surface area contributed by atoms with Crippen LogP contribution < -0.4 is 28.5 Å². The van der Waals surface area contributed by atoms with Crippen molar-refractivity contribution in [3.05, 3.63) is 90.0 Å². The summed E-state index contributed by atoms with van der Waals surface area (Å²) >= 11 is 0. The Hall–Kier alpha value is -2.01. The maximum absolute atomic E-state index is 13.9. The van der Waals surface area contributed by atoms with Crippen LogP contribution in [0.3, 0.4) is 0 Å². The smallest absolute Gasteiger partial charge is 0.359 e. The van der Waals surface area contributed by atoms with Crippen molar-refractivity contribution in [1.82, 2.24) is 0 Å². The van der Waals surface area contributed by atoms with E-state index in [0.29, 0.717) is 0 Å². The predicted molar refractivity (Wildman–Crippen MR) is 91.8 cm³/mol. The molecule has 0 amide bonds. The van der Waals surface area contributed by atoms with Crippen LogP contribution in [-0.4, -0.2) is 0 Å². The van der Waals surface area contributed by atoms with Crippen molar-refractivity contribution in [3.63, 3.8) is 0 Å². The number of aryl methyl sites for hydroxylation is 1. The van der Waals surface area contributed by atoms with Gasteiger partial charge in [-0.2, -0.15) is 4.57 Å². The highest BCUT2D eigenvalue weighted by Crippen LogP contribution is 2.30. The number of benzene rings is 3. The first-order valence-corrected chi connectivity index (χ1v) is 7.76. The summed E-state index contributed by atoms with van der Waals surface area (Å²) in [6.07, 6.45) is 2.50. The number of pyridine rings is 1. The van der Waals surface area contributed by atoms with E-state index in [1.165, 1.54) is 31.7 Å². The van der Waals surface area contributed by atoms with Crippen LogP contribution in [0, 0.1) is 5.95 Å².